The molecular weight excluding hydrogens is 281 g/mol. The van der Waals surface area contributed by atoms with Crippen LogP contribution in [0.5, 0.6) is 0 Å². The molecule has 2 rings (SSSR count). The van der Waals surface area contributed by atoms with E-state index in [-0.39, 0.29) is 6.04 Å². The van der Waals surface area contributed by atoms with E-state index in [1.807, 2.05) is 38.1 Å². The van der Waals surface area contributed by atoms with Gasteiger partial charge in [0.05, 0.1) is 6.04 Å². The third kappa shape index (κ3) is 3.17. The highest BCUT2D eigenvalue weighted by molar-refractivity contribution is 6.30. The average molecular weight is 296 g/mol. The summed E-state index contributed by atoms with van der Waals surface area (Å²) in [6.07, 6.45) is 0. The Balaban J connectivity index is 2.21. The molecule has 1 aromatic heterocycles. The van der Waals surface area contributed by atoms with Crippen molar-refractivity contribution in [3.8, 4) is 0 Å². The van der Waals surface area contributed by atoms with Crippen LogP contribution in [0, 0.1) is 13.8 Å². The fourth-order valence-electron chi connectivity index (χ4n) is 1.75. The SMILES string of the molecule is Cc1c(Cl)nnc(NC(C)c2ccc(Cl)cc2)c1C. The lowest BCUT2D eigenvalue weighted by molar-refractivity contribution is 0.853. The van der Waals surface area contributed by atoms with E-state index in [9.17, 15) is 0 Å². The largest absolute Gasteiger partial charge is 0.362 e. The molecule has 1 atom stereocenters. The summed E-state index contributed by atoms with van der Waals surface area (Å²) in [4.78, 5) is 0. The summed E-state index contributed by atoms with van der Waals surface area (Å²) in [7, 11) is 0. The van der Waals surface area contributed by atoms with E-state index >= 15 is 0 Å². The summed E-state index contributed by atoms with van der Waals surface area (Å²) in [6.45, 7) is 5.98. The first-order chi connectivity index (χ1) is 8.99. The smallest absolute Gasteiger partial charge is 0.155 e. The van der Waals surface area contributed by atoms with Crippen molar-refractivity contribution in [3.63, 3.8) is 0 Å². The van der Waals surface area contributed by atoms with Crippen LogP contribution in [0.3, 0.4) is 0 Å². The van der Waals surface area contributed by atoms with Gasteiger partial charge >= 0.3 is 0 Å². The molecule has 2 aromatic rings. The van der Waals surface area contributed by atoms with Gasteiger partial charge in [-0.15, -0.1) is 10.2 Å². The number of benzene rings is 1. The molecule has 1 N–H and O–H groups in total. The topological polar surface area (TPSA) is 37.8 Å². The number of aromatic nitrogens is 2. The normalized spacial score (nSPS) is 12.3. The molecule has 0 fully saturated rings. The third-order valence-electron chi connectivity index (χ3n) is 3.19. The zero-order valence-corrected chi connectivity index (χ0v) is 12.5. The van der Waals surface area contributed by atoms with E-state index in [0.29, 0.717) is 5.15 Å². The first kappa shape index (κ1) is 14.1. The van der Waals surface area contributed by atoms with Gasteiger partial charge in [-0.3, -0.25) is 0 Å². The number of anilines is 1. The summed E-state index contributed by atoms with van der Waals surface area (Å²) in [5.74, 6) is 0.754. The van der Waals surface area contributed by atoms with Crippen LogP contribution < -0.4 is 5.32 Å². The molecular formula is C14H15Cl2N3. The monoisotopic (exact) mass is 295 g/mol. The molecule has 100 valence electrons. The molecule has 0 bridgehead atoms. The van der Waals surface area contributed by atoms with E-state index in [2.05, 4.69) is 22.4 Å². The Labute approximate surface area is 123 Å². The summed E-state index contributed by atoms with van der Waals surface area (Å²) in [5, 5.41) is 12.6. The molecule has 1 aromatic carbocycles. The molecule has 0 amide bonds. The van der Waals surface area contributed by atoms with Gasteiger partial charge < -0.3 is 5.32 Å². The molecule has 1 unspecified atom stereocenters. The van der Waals surface area contributed by atoms with E-state index in [1.165, 1.54) is 0 Å². The Morgan fingerprint density at radius 1 is 1.00 bits per heavy atom. The number of nitrogens with one attached hydrogen (secondary N) is 1. The van der Waals surface area contributed by atoms with Crippen molar-refractivity contribution in [3.05, 3.63) is 51.1 Å². The number of rotatable bonds is 3. The second-order valence-corrected chi connectivity index (χ2v) is 5.30. The van der Waals surface area contributed by atoms with Gasteiger partial charge in [-0.1, -0.05) is 35.3 Å². The minimum absolute atomic E-state index is 0.117. The predicted molar refractivity (Wildman–Crippen MR) is 80.0 cm³/mol. The van der Waals surface area contributed by atoms with Crippen molar-refractivity contribution in [2.75, 3.05) is 5.32 Å². The van der Waals surface area contributed by atoms with Gasteiger partial charge in [0, 0.05) is 5.02 Å². The van der Waals surface area contributed by atoms with Crippen molar-refractivity contribution in [1.29, 1.82) is 0 Å². The molecule has 0 aliphatic carbocycles. The lowest BCUT2D eigenvalue weighted by Crippen LogP contribution is -2.10. The minimum atomic E-state index is 0.117. The zero-order valence-electron chi connectivity index (χ0n) is 11.0. The second kappa shape index (κ2) is 5.76. The Bertz CT molecular complexity index is 582. The fraction of sp³-hybridized carbons (Fsp3) is 0.286. The van der Waals surface area contributed by atoms with E-state index in [0.717, 1.165) is 27.5 Å². The fourth-order valence-corrected chi connectivity index (χ4v) is 2.06. The molecule has 0 aliphatic rings. The third-order valence-corrected chi connectivity index (χ3v) is 3.80. The second-order valence-electron chi connectivity index (χ2n) is 4.51. The molecule has 19 heavy (non-hydrogen) atoms. The van der Waals surface area contributed by atoms with Gasteiger partial charge in [0.15, 0.2) is 11.0 Å². The molecule has 1 heterocycles. The van der Waals surface area contributed by atoms with Crippen molar-refractivity contribution in [2.45, 2.75) is 26.8 Å². The van der Waals surface area contributed by atoms with Crippen molar-refractivity contribution >= 4 is 29.0 Å². The Morgan fingerprint density at radius 3 is 2.26 bits per heavy atom. The summed E-state index contributed by atoms with van der Waals surface area (Å²) < 4.78 is 0. The van der Waals surface area contributed by atoms with Crippen LogP contribution in [-0.4, -0.2) is 10.2 Å². The van der Waals surface area contributed by atoms with Gasteiger partial charge in [0.2, 0.25) is 0 Å². The average Bonchev–Trinajstić information content (AvgIpc) is 2.40. The highest BCUT2D eigenvalue weighted by Crippen LogP contribution is 2.25. The first-order valence-corrected chi connectivity index (χ1v) is 6.76. The van der Waals surface area contributed by atoms with Crippen LogP contribution in [-0.2, 0) is 0 Å². The van der Waals surface area contributed by atoms with Crippen molar-refractivity contribution in [2.24, 2.45) is 0 Å². The maximum absolute atomic E-state index is 5.94. The standard InChI is InChI=1S/C14H15Cl2N3/c1-8-9(2)14(19-18-13(8)16)17-10(3)11-4-6-12(15)7-5-11/h4-7,10H,1-3H3,(H,17,19). The Kier molecular flexibility index (Phi) is 4.27. The number of halogens is 2. The number of nitrogens with zero attached hydrogens (tertiary/aromatic N) is 2. The predicted octanol–water partition coefficient (Wildman–Crippen LogP) is 4.57. The quantitative estimate of drug-likeness (QED) is 0.901. The van der Waals surface area contributed by atoms with Crippen LogP contribution in [0.1, 0.15) is 29.7 Å². The van der Waals surface area contributed by atoms with E-state index in [4.69, 9.17) is 23.2 Å². The number of hydrogen-bond donors (Lipinski definition) is 1. The molecule has 0 radical (unpaired) electrons. The molecule has 0 saturated heterocycles. The van der Waals surface area contributed by atoms with Crippen molar-refractivity contribution in [1.82, 2.24) is 10.2 Å². The van der Waals surface area contributed by atoms with Crippen LogP contribution in [0.4, 0.5) is 5.82 Å². The van der Waals surface area contributed by atoms with Gasteiger partial charge in [0.1, 0.15) is 0 Å². The van der Waals surface area contributed by atoms with E-state index < -0.39 is 0 Å². The maximum atomic E-state index is 5.94. The molecule has 5 heteroatoms. The maximum Gasteiger partial charge on any atom is 0.155 e. The van der Waals surface area contributed by atoms with Crippen LogP contribution in [0.15, 0.2) is 24.3 Å². The minimum Gasteiger partial charge on any atom is -0.362 e. The van der Waals surface area contributed by atoms with Crippen LogP contribution in [0.25, 0.3) is 0 Å². The van der Waals surface area contributed by atoms with Crippen molar-refractivity contribution < 1.29 is 0 Å². The molecule has 0 spiro atoms. The first-order valence-electron chi connectivity index (χ1n) is 6.00. The summed E-state index contributed by atoms with van der Waals surface area (Å²) in [5.41, 5.74) is 3.10. The van der Waals surface area contributed by atoms with Gasteiger partial charge in [-0.05, 0) is 49.6 Å². The lowest BCUT2D eigenvalue weighted by Gasteiger charge is -2.17. The Morgan fingerprint density at radius 2 is 1.63 bits per heavy atom. The molecule has 3 nitrogen and oxygen atoms in total. The van der Waals surface area contributed by atoms with Gasteiger partial charge in [-0.25, -0.2) is 0 Å². The molecule has 0 aliphatic heterocycles. The van der Waals surface area contributed by atoms with Gasteiger partial charge in [0.25, 0.3) is 0 Å². The van der Waals surface area contributed by atoms with E-state index in [1.54, 1.807) is 0 Å². The molecule has 0 saturated carbocycles. The highest BCUT2D eigenvalue weighted by Gasteiger charge is 2.11. The van der Waals surface area contributed by atoms with Gasteiger partial charge in [-0.2, -0.15) is 0 Å². The zero-order chi connectivity index (χ0) is 14.0. The summed E-state index contributed by atoms with van der Waals surface area (Å²) in [6, 6.07) is 7.85. The Hall–Kier alpha value is -1.32. The number of hydrogen-bond acceptors (Lipinski definition) is 3. The van der Waals surface area contributed by atoms with Crippen LogP contribution in [0.2, 0.25) is 10.2 Å². The highest BCUT2D eigenvalue weighted by atomic mass is 35.5. The lowest BCUT2D eigenvalue weighted by atomic mass is 10.1. The van der Waals surface area contributed by atoms with Crippen LogP contribution >= 0.6 is 23.2 Å². The summed E-state index contributed by atoms with van der Waals surface area (Å²) >= 11 is 11.8.